The second-order valence-corrected chi connectivity index (χ2v) is 8.39. The van der Waals surface area contributed by atoms with E-state index in [1.54, 1.807) is 0 Å². The first kappa shape index (κ1) is 19.0. The smallest absolute Gasteiger partial charge is 0.407 e. The molecule has 0 unspecified atom stereocenters. The maximum atomic E-state index is 11.9. The lowest BCUT2D eigenvalue weighted by molar-refractivity contribution is -0.158. The molecule has 2 aliphatic rings. The van der Waals surface area contributed by atoms with E-state index in [2.05, 4.69) is 5.32 Å². The van der Waals surface area contributed by atoms with Crippen molar-refractivity contribution in [3.05, 3.63) is 0 Å². The summed E-state index contributed by atoms with van der Waals surface area (Å²) in [5.41, 5.74) is -1.21. The van der Waals surface area contributed by atoms with E-state index in [0.717, 1.165) is 25.7 Å². The van der Waals surface area contributed by atoms with Crippen molar-refractivity contribution in [1.29, 1.82) is 0 Å². The lowest BCUT2D eigenvalue weighted by atomic mass is 9.61. The van der Waals surface area contributed by atoms with Gasteiger partial charge in [0.25, 0.3) is 0 Å². The Bertz CT molecular complexity index is 455. The SMILES string of the molecule is CC(C)(C)OC(=O)NC1CCC(C2(C(=O)O)CCC(O)CC2)CC1. The molecule has 1 amide bonds. The molecule has 138 valence electrons. The van der Waals surface area contributed by atoms with Gasteiger partial charge in [0.1, 0.15) is 5.60 Å². The lowest BCUT2D eigenvalue weighted by Gasteiger charge is -2.44. The number of carboxylic acids is 1. The van der Waals surface area contributed by atoms with E-state index in [9.17, 15) is 19.8 Å². The molecule has 2 rings (SSSR count). The molecule has 2 saturated carbocycles. The van der Waals surface area contributed by atoms with E-state index in [1.165, 1.54) is 0 Å². The van der Waals surface area contributed by atoms with Gasteiger partial charge in [0, 0.05) is 6.04 Å². The van der Waals surface area contributed by atoms with Gasteiger partial charge in [-0.2, -0.15) is 0 Å². The van der Waals surface area contributed by atoms with Crippen molar-refractivity contribution < 1.29 is 24.5 Å². The monoisotopic (exact) mass is 341 g/mol. The third-order valence-electron chi connectivity index (χ3n) is 5.50. The van der Waals surface area contributed by atoms with Gasteiger partial charge in [0.15, 0.2) is 0 Å². The van der Waals surface area contributed by atoms with Crippen molar-refractivity contribution in [3.8, 4) is 0 Å². The summed E-state index contributed by atoms with van der Waals surface area (Å²) in [4.78, 5) is 23.8. The molecule has 2 fully saturated rings. The molecule has 0 aromatic heterocycles. The molecule has 3 N–H and O–H groups in total. The molecule has 0 atom stereocenters. The molecule has 6 nitrogen and oxygen atoms in total. The molecule has 0 spiro atoms. The van der Waals surface area contributed by atoms with Gasteiger partial charge in [0.05, 0.1) is 11.5 Å². The molecule has 0 aromatic carbocycles. The predicted octanol–water partition coefficient (Wildman–Crippen LogP) is 3.08. The van der Waals surface area contributed by atoms with Crippen molar-refractivity contribution in [2.75, 3.05) is 0 Å². The van der Waals surface area contributed by atoms with E-state index in [0.29, 0.717) is 25.7 Å². The summed E-state index contributed by atoms with van der Waals surface area (Å²) in [6, 6.07) is 0.0520. The van der Waals surface area contributed by atoms with Crippen LogP contribution >= 0.6 is 0 Å². The van der Waals surface area contributed by atoms with Crippen molar-refractivity contribution in [1.82, 2.24) is 5.32 Å². The summed E-state index contributed by atoms with van der Waals surface area (Å²) in [6.07, 6.45) is 4.64. The number of aliphatic hydroxyl groups excluding tert-OH is 1. The molecule has 2 aliphatic carbocycles. The maximum Gasteiger partial charge on any atom is 0.407 e. The van der Waals surface area contributed by atoms with Gasteiger partial charge in [-0.1, -0.05) is 0 Å². The van der Waals surface area contributed by atoms with Crippen molar-refractivity contribution in [2.24, 2.45) is 11.3 Å². The van der Waals surface area contributed by atoms with E-state index in [1.807, 2.05) is 20.8 Å². The standard InChI is InChI=1S/C18H31NO5/c1-17(2,3)24-16(23)19-13-6-4-12(5-7-13)18(15(21)22)10-8-14(20)9-11-18/h12-14,20H,4-11H2,1-3H3,(H,19,23)(H,21,22). The number of carbonyl (C=O) groups excluding carboxylic acids is 1. The molecule has 6 heteroatoms. The van der Waals surface area contributed by atoms with Gasteiger partial charge in [-0.3, -0.25) is 4.79 Å². The minimum Gasteiger partial charge on any atom is -0.481 e. The van der Waals surface area contributed by atoms with Crippen molar-refractivity contribution in [3.63, 3.8) is 0 Å². The summed E-state index contributed by atoms with van der Waals surface area (Å²) in [5.74, 6) is -0.600. The zero-order chi connectivity index (χ0) is 18.0. The number of hydrogen-bond donors (Lipinski definition) is 3. The van der Waals surface area contributed by atoms with Crippen LogP contribution in [0.25, 0.3) is 0 Å². The number of amides is 1. The number of ether oxygens (including phenoxy) is 1. The zero-order valence-electron chi connectivity index (χ0n) is 15.0. The van der Waals surface area contributed by atoms with Gasteiger partial charge >= 0.3 is 12.1 Å². The average molecular weight is 341 g/mol. The van der Waals surface area contributed by atoms with Crippen molar-refractivity contribution >= 4 is 12.1 Å². The van der Waals surface area contributed by atoms with Crippen LogP contribution in [0.3, 0.4) is 0 Å². The molecular weight excluding hydrogens is 310 g/mol. The summed E-state index contributed by atoms with van der Waals surface area (Å²) in [7, 11) is 0. The number of rotatable bonds is 3. The third kappa shape index (κ3) is 4.62. The Morgan fingerprint density at radius 2 is 1.58 bits per heavy atom. The number of alkyl carbamates (subject to hydrolysis) is 1. The molecule has 0 heterocycles. The largest absolute Gasteiger partial charge is 0.481 e. The minimum absolute atomic E-state index is 0.0520. The van der Waals surface area contributed by atoms with E-state index >= 15 is 0 Å². The first-order chi connectivity index (χ1) is 11.1. The van der Waals surface area contributed by atoms with Crippen LogP contribution in [0.15, 0.2) is 0 Å². The van der Waals surface area contributed by atoms with E-state index in [-0.39, 0.29) is 18.1 Å². The second-order valence-electron chi connectivity index (χ2n) is 8.39. The molecule has 0 bridgehead atoms. The zero-order valence-corrected chi connectivity index (χ0v) is 15.0. The normalized spacial score (nSPS) is 34.4. The van der Waals surface area contributed by atoms with Crippen LogP contribution in [0, 0.1) is 11.3 Å². The molecule has 0 aromatic rings. The number of nitrogens with one attached hydrogen (secondary N) is 1. The summed E-state index contributed by atoms with van der Waals surface area (Å²) < 4.78 is 5.28. The average Bonchev–Trinajstić information content (AvgIpc) is 2.47. The quantitative estimate of drug-likeness (QED) is 0.733. The first-order valence-corrected chi connectivity index (χ1v) is 9.03. The molecule has 0 saturated heterocycles. The van der Waals surface area contributed by atoms with E-state index in [4.69, 9.17) is 4.74 Å². The Morgan fingerprint density at radius 1 is 1.04 bits per heavy atom. The van der Waals surface area contributed by atoms with Crippen LogP contribution in [0.2, 0.25) is 0 Å². The Hall–Kier alpha value is -1.30. The highest BCUT2D eigenvalue weighted by Gasteiger charge is 2.48. The van der Waals surface area contributed by atoms with Gasteiger partial charge in [-0.25, -0.2) is 4.79 Å². The Kier molecular flexibility index (Phi) is 5.78. The summed E-state index contributed by atoms with van der Waals surface area (Å²) >= 11 is 0. The Morgan fingerprint density at radius 3 is 2.04 bits per heavy atom. The lowest BCUT2D eigenvalue weighted by Crippen LogP contribution is -2.47. The van der Waals surface area contributed by atoms with Crippen LogP contribution in [-0.4, -0.2) is 40.0 Å². The van der Waals surface area contributed by atoms with Gasteiger partial charge < -0.3 is 20.3 Å². The second kappa shape index (κ2) is 7.30. The third-order valence-corrected chi connectivity index (χ3v) is 5.50. The Labute approximate surface area is 144 Å². The van der Waals surface area contributed by atoms with Gasteiger partial charge in [-0.05, 0) is 78.1 Å². The molecule has 0 radical (unpaired) electrons. The summed E-state index contributed by atoms with van der Waals surface area (Å²) in [6.45, 7) is 5.49. The van der Waals surface area contributed by atoms with Crippen LogP contribution in [-0.2, 0) is 9.53 Å². The first-order valence-electron chi connectivity index (χ1n) is 9.03. The minimum atomic E-state index is -0.724. The highest BCUT2D eigenvalue weighted by molar-refractivity contribution is 5.75. The van der Waals surface area contributed by atoms with E-state index < -0.39 is 23.1 Å². The van der Waals surface area contributed by atoms with Crippen LogP contribution < -0.4 is 5.32 Å². The Balaban J connectivity index is 1.89. The van der Waals surface area contributed by atoms with Crippen LogP contribution in [0.4, 0.5) is 4.79 Å². The van der Waals surface area contributed by atoms with Crippen LogP contribution in [0.5, 0.6) is 0 Å². The number of carboxylic acid groups (broad SMARTS) is 1. The fourth-order valence-electron chi connectivity index (χ4n) is 4.18. The maximum absolute atomic E-state index is 11.9. The number of hydrogen-bond acceptors (Lipinski definition) is 4. The number of aliphatic hydroxyl groups is 1. The fraction of sp³-hybridized carbons (Fsp3) is 0.889. The number of aliphatic carboxylic acids is 1. The highest BCUT2D eigenvalue weighted by Crippen LogP contribution is 2.48. The topological polar surface area (TPSA) is 95.9 Å². The van der Waals surface area contributed by atoms with Gasteiger partial charge in [-0.15, -0.1) is 0 Å². The highest BCUT2D eigenvalue weighted by atomic mass is 16.6. The molecule has 24 heavy (non-hydrogen) atoms. The predicted molar refractivity (Wildman–Crippen MR) is 89.7 cm³/mol. The van der Waals surface area contributed by atoms with Crippen LogP contribution in [0.1, 0.15) is 72.1 Å². The van der Waals surface area contributed by atoms with Gasteiger partial charge in [0.2, 0.25) is 0 Å². The molecular formula is C18H31NO5. The number of carbonyl (C=O) groups is 2. The summed E-state index contributed by atoms with van der Waals surface area (Å²) in [5, 5.41) is 22.4. The molecule has 0 aliphatic heterocycles. The fourth-order valence-corrected chi connectivity index (χ4v) is 4.18. The van der Waals surface area contributed by atoms with Crippen molar-refractivity contribution in [2.45, 2.75) is 89.9 Å².